The molecule has 0 fully saturated rings. The van der Waals surface area contributed by atoms with E-state index >= 15 is 0 Å². The number of urea groups is 1. The van der Waals surface area contributed by atoms with Crippen molar-refractivity contribution in [3.63, 3.8) is 0 Å². The molecule has 1 N–H and O–H groups in total. The molecule has 1 heterocycles. The Labute approximate surface area is 171 Å². The number of hydrogen-bond donors (Lipinski definition) is 1. The van der Waals surface area contributed by atoms with E-state index in [0.29, 0.717) is 18.5 Å². The zero-order chi connectivity index (χ0) is 21.0. The minimum Gasteiger partial charge on any atom is -0.390 e. The van der Waals surface area contributed by atoms with E-state index in [1.54, 1.807) is 23.1 Å². The van der Waals surface area contributed by atoms with Gasteiger partial charge in [-0.25, -0.2) is 9.18 Å². The number of halogens is 1. The van der Waals surface area contributed by atoms with Crippen molar-refractivity contribution in [3.8, 4) is 0 Å². The zero-order valence-electron chi connectivity index (χ0n) is 17.4. The Morgan fingerprint density at radius 1 is 1.21 bits per heavy atom. The van der Waals surface area contributed by atoms with Crippen molar-refractivity contribution >= 4 is 11.7 Å². The molecule has 0 aromatic heterocycles. The Kier molecular flexibility index (Phi) is 6.20. The van der Waals surface area contributed by atoms with E-state index in [0.717, 1.165) is 11.3 Å². The summed E-state index contributed by atoms with van der Waals surface area (Å²) >= 11 is 0. The summed E-state index contributed by atoms with van der Waals surface area (Å²) in [6.45, 7) is 8.25. The maximum atomic E-state index is 14.2. The van der Waals surface area contributed by atoms with Crippen molar-refractivity contribution < 1.29 is 14.0 Å². The van der Waals surface area contributed by atoms with Gasteiger partial charge in [0, 0.05) is 17.5 Å². The van der Waals surface area contributed by atoms with Crippen molar-refractivity contribution in [2.45, 2.75) is 52.3 Å². The number of rotatable bonds is 5. The molecule has 0 saturated heterocycles. The molecule has 1 atom stereocenters. The lowest BCUT2D eigenvalue weighted by molar-refractivity contribution is 0.0578. The van der Waals surface area contributed by atoms with Crippen molar-refractivity contribution in [1.82, 2.24) is 10.2 Å². The first-order valence-corrected chi connectivity index (χ1v) is 9.81. The Bertz CT molecular complexity index is 888. The molecule has 5 nitrogen and oxygen atoms in total. The van der Waals surface area contributed by atoms with Crippen LogP contribution in [0.4, 0.5) is 9.18 Å². The summed E-state index contributed by atoms with van der Waals surface area (Å²) in [5.41, 5.74) is 3.12. The lowest BCUT2D eigenvalue weighted by Crippen LogP contribution is -2.50. The van der Waals surface area contributed by atoms with Gasteiger partial charge in [-0.1, -0.05) is 53.2 Å². The molecule has 0 radical (unpaired) electrons. The maximum absolute atomic E-state index is 14.2. The summed E-state index contributed by atoms with van der Waals surface area (Å²) in [7, 11) is 0. The highest BCUT2D eigenvalue weighted by Crippen LogP contribution is 2.20. The van der Waals surface area contributed by atoms with E-state index in [1.165, 1.54) is 11.6 Å². The van der Waals surface area contributed by atoms with Crippen LogP contribution in [0.25, 0.3) is 0 Å². The fourth-order valence-electron chi connectivity index (χ4n) is 3.14. The smallest absolute Gasteiger partial charge is 0.318 e. The Morgan fingerprint density at radius 2 is 1.90 bits per heavy atom. The van der Waals surface area contributed by atoms with E-state index in [4.69, 9.17) is 4.84 Å². The summed E-state index contributed by atoms with van der Waals surface area (Å²) in [6.07, 6.45) is 0.323. The number of nitrogens with one attached hydrogen (secondary N) is 1. The second-order valence-electron chi connectivity index (χ2n) is 8.49. The largest absolute Gasteiger partial charge is 0.390 e. The first-order valence-electron chi connectivity index (χ1n) is 9.81. The van der Waals surface area contributed by atoms with Gasteiger partial charge in [0.05, 0.1) is 18.8 Å². The van der Waals surface area contributed by atoms with E-state index in [-0.39, 0.29) is 24.5 Å². The lowest BCUT2D eigenvalue weighted by Gasteiger charge is -2.29. The molecule has 0 bridgehead atoms. The van der Waals surface area contributed by atoms with E-state index in [2.05, 4.69) is 10.5 Å². The topological polar surface area (TPSA) is 53.9 Å². The molecule has 154 valence electrons. The first-order chi connectivity index (χ1) is 13.7. The molecular formula is C23H28FN3O2. The zero-order valence-corrected chi connectivity index (χ0v) is 17.4. The maximum Gasteiger partial charge on any atom is 0.318 e. The van der Waals surface area contributed by atoms with Crippen LogP contribution in [0.5, 0.6) is 0 Å². The minimum absolute atomic E-state index is 0.161. The Balaban J connectivity index is 1.71. The van der Waals surface area contributed by atoms with Crippen LogP contribution in [0.2, 0.25) is 0 Å². The molecule has 6 heteroatoms. The van der Waals surface area contributed by atoms with Crippen molar-refractivity contribution in [1.29, 1.82) is 0 Å². The van der Waals surface area contributed by atoms with Crippen LogP contribution in [0.1, 0.15) is 43.9 Å². The van der Waals surface area contributed by atoms with Gasteiger partial charge >= 0.3 is 6.03 Å². The second-order valence-corrected chi connectivity index (χ2v) is 8.49. The molecule has 2 aromatic rings. The molecule has 0 aliphatic carbocycles. The van der Waals surface area contributed by atoms with Crippen molar-refractivity contribution in [3.05, 3.63) is 71.0 Å². The molecule has 1 unspecified atom stereocenters. The van der Waals surface area contributed by atoms with Gasteiger partial charge in [0.25, 0.3) is 0 Å². The highest BCUT2D eigenvalue weighted by atomic mass is 19.1. The molecular weight excluding hydrogens is 369 g/mol. The molecule has 2 amide bonds. The lowest BCUT2D eigenvalue weighted by atomic mass is 10.0. The van der Waals surface area contributed by atoms with Crippen LogP contribution < -0.4 is 5.32 Å². The molecule has 3 rings (SSSR count). The number of oxime groups is 1. The highest BCUT2D eigenvalue weighted by Gasteiger charge is 2.28. The van der Waals surface area contributed by atoms with E-state index in [9.17, 15) is 9.18 Å². The van der Waals surface area contributed by atoms with E-state index < -0.39 is 5.54 Å². The van der Waals surface area contributed by atoms with Gasteiger partial charge in [-0.15, -0.1) is 0 Å². The molecule has 1 aliphatic rings. The van der Waals surface area contributed by atoms with Gasteiger partial charge in [0.15, 0.2) is 6.10 Å². The number of nitrogens with zero attached hydrogens (tertiary/aromatic N) is 2. The fourth-order valence-corrected chi connectivity index (χ4v) is 3.14. The summed E-state index contributed by atoms with van der Waals surface area (Å²) in [6, 6.07) is 14.3. The number of aryl methyl sites for hydroxylation is 1. The average molecular weight is 397 g/mol. The van der Waals surface area contributed by atoms with Gasteiger partial charge in [-0.3, -0.25) is 0 Å². The third-order valence-electron chi connectivity index (χ3n) is 4.63. The Hall–Kier alpha value is -2.89. The number of amides is 2. The van der Waals surface area contributed by atoms with Crippen LogP contribution in [0.3, 0.4) is 0 Å². The van der Waals surface area contributed by atoms with Gasteiger partial charge in [-0.05, 0) is 39.3 Å². The van der Waals surface area contributed by atoms with Crippen LogP contribution in [0, 0.1) is 12.7 Å². The summed E-state index contributed by atoms with van der Waals surface area (Å²) < 4.78 is 14.2. The summed E-state index contributed by atoms with van der Waals surface area (Å²) in [4.78, 5) is 20.0. The third kappa shape index (κ3) is 5.79. The van der Waals surface area contributed by atoms with Crippen molar-refractivity contribution in [2.24, 2.45) is 5.16 Å². The molecule has 29 heavy (non-hydrogen) atoms. The van der Waals surface area contributed by atoms with Gasteiger partial charge in [0.1, 0.15) is 5.82 Å². The SMILES string of the molecule is Cc1ccc(C2=NOC(CN(Cc3ccccc3F)C(=O)NC(C)(C)C)C2)cc1. The van der Waals surface area contributed by atoms with Crippen LogP contribution in [-0.2, 0) is 11.4 Å². The number of hydrogen-bond acceptors (Lipinski definition) is 3. The standard InChI is InChI=1S/C23H28FN3O2/c1-16-9-11-17(12-10-16)21-13-19(29-26-21)15-27(22(28)25-23(2,3)4)14-18-7-5-6-8-20(18)24/h5-12,19H,13-15H2,1-4H3,(H,25,28). The third-order valence-corrected chi connectivity index (χ3v) is 4.63. The molecule has 0 saturated carbocycles. The normalized spacial score (nSPS) is 16.2. The predicted octanol–water partition coefficient (Wildman–Crippen LogP) is 4.64. The predicted molar refractivity (Wildman–Crippen MR) is 112 cm³/mol. The van der Waals surface area contributed by atoms with Crippen LogP contribution in [0.15, 0.2) is 53.7 Å². The molecule has 2 aromatic carbocycles. The quantitative estimate of drug-likeness (QED) is 0.799. The van der Waals surface area contributed by atoms with E-state index in [1.807, 2.05) is 52.0 Å². The average Bonchev–Trinajstić information content (AvgIpc) is 3.10. The molecule has 1 aliphatic heterocycles. The van der Waals surface area contributed by atoms with Crippen molar-refractivity contribution in [2.75, 3.05) is 6.54 Å². The van der Waals surface area contributed by atoms with Gasteiger partial charge < -0.3 is 15.1 Å². The summed E-state index contributed by atoms with van der Waals surface area (Å²) in [5.74, 6) is -0.329. The van der Waals surface area contributed by atoms with Gasteiger partial charge in [-0.2, -0.15) is 0 Å². The Morgan fingerprint density at radius 3 is 2.55 bits per heavy atom. The van der Waals surface area contributed by atoms with Gasteiger partial charge in [0.2, 0.25) is 0 Å². The van der Waals surface area contributed by atoms with Crippen LogP contribution in [-0.4, -0.2) is 34.8 Å². The highest BCUT2D eigenvalue weighted by molar-refractivity contribution is 6.01. The number of carbonyl (C=O) groups excluding carboxylic acids is 1. The van der Waals surface area contributed by atoms with Crippen LogP contribution >= 0.6 is 0 Å². The first kappa shape index (κ1) is 20.8. The monoisotopic (exact) mass is 397 g/mol. The second kappa shape index (κ2) is 8.64. The summed E-state index contributed by atoms with van der Waals surface area (Å²) in [5, 5.41) is 7.17. The number of carbonyl (C=O) groups is 1. The minimum atomic E-state index is -0.398. The molecule has 0 spiro atoms. The number of benzene rings is 2. The fraction of sp³-hybridized carbons (Fsp3) is 0.391.